The van der Waals surface area contributed by atoms with Gasteiger partial charge in [0.05, 0.1) is 10.9 Å². The van der Waals surface area contributed by atoms with E-state index in [-0.39, 0.29) is 11.3 Å². The number of nitrogens with zero attached hydrogens (tertiary/aromatic N) is 1. The Morgan fingerprint density at radius 3 is 2.48 bits per heavy atom. The highest BCUT2D eigenvalue weighted by Crippen LogP contribution is 2.27. The predicted octanol–water partition coefficient (Wildman–Crippen LogP) is 3.68. The van der Waals surface area contributed by atoms with Crippen LogP contribution in [0.4, 0.5) is 0 Å². The fourth-order valence-corrected chi connectivity index (χ4v) is 2.69. The Bertz CT molecular complexity index is 893. The second-order valence-electron chi connectivity index (χ2n) is 5.03. The van der Waals surface area contributed by atoms with Gasteiger partial charge in [0, 0.05) is 10.0 Å². The minimum absolute atomic E-state index is 0.175. The molecule has 0 aliphatic carbocycles. The number of aryl methyl sites for hydroxylation is 2. The summed E-state index contributed by atoms with van der Waals surface area (Å²) in [6.07, 6.45) is 0. The van der Waals surface area contributed by atoms with Gasteiger partial charge in [0.1, 0.15) is 11.6 Å². The summed E-state index contributed by atoms with van der Waals surface area (Å²) in [5.41, 5.74) is 2.74. The summed E-state index contributed by atoms with van der Waals surface area (Å²) in [6.45, 7) is 3.64. The number of benzene rings is 2. The van der Waals surface area contributed by atoms with Crippen molar-refractivity contribution in [3.05, 3.63) is 56.3 Å². The second kappa shape index (κ2) is 5.00. The lowest BCUT2D eigenvalue weighted by molar-refractivity contribution is 0.467. The first-order valence-corrected chi connectivity index (χ1v) is 7.25. The molecule has 0 aliphatic rings. The van der Waals surface area contributed by atoms with E-state index >= 15 is 0 Å². The molecule has 0 unspecified atom stereocenters. The summed E-state index contributed by atoms with van der Waals surface area (Å²) >= 11 is 3.39. The van der Waals surface area contributed by atoms with E-state index in [9.17, 15) is 9.90 Å². The summed E-state index contributed by atoms with van der Waals surface area (Å²) in [5.74, 6) is 0.765. The Kier molecular flexibility index (Phi) is 3.29. The van der Waals surface area contributed by atoms with Crippen LogP contribution >= 0.6 is 15.9 Å². The van der Waals surface area contributed by atoms with Crippen LogP contribution < -0.4 is 5.56 Å². The highest BCUT2D eigenvalue weighted by molar-refractivity contribution is 9.10. The fraction of sp³-hybridized carbons (Fsp3) is 0.125. The van der Waals surface area contributed by atoms with Gasteiger partial charge in [-0.15, -0.1) is 0 Å². The number of nitrogens with one attached hydrogen (secondary N) is 1. The second-order valence-corrected chi connectivity index (χ2v) is 5.95. The first kappa shape index (κ1) is 13.8. The maximum Gasteiger partial charge on any atom is 0.259 e. The lowest BCUT2D eigenvalue weighted by Gasteiger charge is -2.08. The molecule has 1 aromatic heterocycles. The van der Waals surface area contributed by atoms with Crippen molar-refractivity contribution in [1.29, 1.82) is 0 Å². The molecule has 0 spiro atoms. The molecule has 0 radical (unpaired) electrons. The van der Waals surface area contributed by atoms with Crippen LogP contribution in [0, 0.1) is 13.8 Å². The topological polar surface area (TPSA) is 66.0 Å². The molecule has 0 saturated carbocycles. The zero-order valence-corrected chi connectivity index (χ0v) is 13.2. The first-order valence-electron chi connectivity index (χ1n) is 6.46. The summed E-state index contributed by atoms with van der Waals surface area (Å²) < 4.78 is 0.872. The number of H-pyrrole nitrogens is 1. The predicted molar refractivity (Wildman–Crippen MR) is 86.6 cm³/mol. The maximum absolute atomic E-state index is 12.2. The highest BCUT2D eigenvalue weighted by atomic mass is 79.9. The molecule has 0 saturated heterocycles. The van der Waals surface area contributed by atoms with Gasteiger partial charge in [-0.2, -0.15) is 0 Å². The van der Waals surface area contributed by atoms with Crippen molar-refractivity contribution < 1.29 is 5.11 Å². The van der Waals surface area contributed by atoms with E-state index < -0.39 is 0 Å². The Hall–Kier alpha value is -2.14. The molecule has 21 heavy (non-hydrogen) atoms. The van der Waals surface area contributed by atoms with E-state index in [0.717, 1.165) is 21.2 Å². The largest absolute Gasteiger partial charge is 0.507 e. The van der Waals surface area contributed by atoms with Gasteiger partial charge in [0.25, 0.3) is 5.56 Å². The molecule has 0 aliphatic heterocycles. The molecular weight excluding hydrogens is 332 g/mol. The van der Waals surface area contributed by atoms with Crippen LogP contribution in [0.2, 0.25) is 0 Å². The first-order chi connectivity index (χ1) is 9.95. The highest BCUT2D eigenvalue weighted by Gasteiger charge is 2.09. The summed E-state index contributed by atoms with van der Waals surface area (Å²) in [7, 11) is 0. The van der Waals surface area contributed by atoms with Crippen LogP contribution in [0.3, 0.4) is 0 Å². The van der Waals surface area contributed by atoms with Crippen molar-refractivity contribution in [1.82, 2.24) is 9.97 Å². The number of fused-ring (bicyclic) bond motifs is 1. The van der Waals surface area contributed by atoms with Gasteiger partial charge in [-0.25, -0.2) is 4.98 Å². The van der Waals surface area contributed by atoms with Crippen molar-refractivity contribution in [3.8, 4) is 17.1 Å². The number of aromatic hydroxyl groups is 1. The molecule has 2 N–H and O–H groups in total. The smallest absolute Gasteiger partial charge is 0.259 e. The minimum Gasteiger partial charge on any atom is -0.507 e. The van der Waals surface area contributed by atoms with Crippen LogP contribution in [-0.4, -0.2) is 15.1 Å². The molecule has 106 valence electrons. The van der Waals surface area contributed by atoms with Gasteiger partial charge in [0.15, 0.2) is 0 Å². The normalized spacial score (nSPS) is 11.0. The molecule has 3 rings (SSSR count). The number of hydrogen-bond acceptors (Lipinski definition) is 3. The van der Waals surface area contributed by atoms with Gasteiger partial charge in [-0.1, -0.05) is 15.9 Å². The van der Waals surface area contributed by atoms with Crippen molar-refractivity contribution in [2.24, 2.45) is 0 Å². The van der Waals surface area contributed by atoms with E-state index in [4.69, 9.17) is 0 Å². The molecule has 0 fully saturated rings. The van der Waals surface area contributed by atoms with Crippen molar-refractivity contribution in [3.63, 3.8) is 0 Å². The lowest BCUT2D eigenvalue weighted by atomic mass is 10.1. The SMILES string of the molecule is Cc1cc(-c2nc3cc(Br)ccc3c(=O)[nH]2)cc(C)c1O. The zero-order chi connectivity index (χ0) is 15.1. The molecule has 2 aromatic carbocycles. The molecule has 0 bridgehead atoms. The van der Waals surface area contributed by atoms with Crippen molar-refractivity contribution in [2.75, 3.05) is 0 Å². The third kappa shape index (κ3) is 2.45. The van der Waals surface area contributed by atoms with Crippen molar-refractivity contribution in [2.45, 2.75) is 13.8 Å². The lowest BCUT2D eigenvalue weighted by Crippen LogP contribution is -2.09. The number of aromatic amines is 1. The molecule has 5 heteroatoms. The Labute approximate surface area is 129 Å². The van der Waals surface area contributed by atoms with Gasteiger partial charge >= 0.3 is 0 Å². The molecule has 3 aromatic rings. The molecular formula is C16H13BrN2O2. The number of phenols is 1. The van der Waals surface area contributed by atoms with E-state index in [1.807, 2.05) is 38.1 Å². The fourth-order valence-electron chi connectivity index (χ4n) is 2.34. The van der Waals surface area contributed by atoms with Gasteiger partial charge in [-0.05, 0) is 55.3 Å². The number of aromatic nitrogens is 2. The Balaban J connectivity index is 2.28. The molecule has 0 amide bonds. The summed E-state index contributed by atoms with van der Waals surface area (Å²) in [6, 6.07) is 8.99. The number of rotatable bonds is 1. The van der Waals surface area contributed by atoms with Crippen molar-refractivity contribution >= 4 is 26.8 Å². The van der Waals surface area contributed by atoms with E-state index in [1.54, 1.807) is 6.07 Å². The summed E-state index contributed by atoms with van der Waals surface area (Å²) in [4.78, 5) is 19.5. The van der Waals surface area contributed by atoms with Crippen LogP contribution in [0.15, 0.2) is 39.6 Å². The van der Waals surface area contributed by atoms with E-state index in [0.29, 0.717) is 16.7 Å². The standard InChI is InChI=1S/C16H13BrN2O2/c1-8-5-10(6-9(2)14(8)20)15-18-13-7-11(17)3-4-12(13)16(21)19-15/h3-7,20H,1-2H3,(H,18,19,21). The molecule has 1 heterocycles. The Morgan fingerprint density at radius 2 is 1.81 bits per heavy atom. The maximum atomic E-state index is 12.2. The van der Waals surface area contributed by atoms with Crippen LogP contribution in [0.5, 0.6) is 5.75 Å². The minimum atomic E-state index is -0.175. The zero-order valence-electron chi connectivity index (χ0n) is 11.6. The number of phenolic OH excluding ortho intramolecular Hbond substituents is 1. The average Bonchev–Trinajstić information content (AvgIpc) is 2.43. The summed E-state index contributed by atoms with van der Waals surface area (Å²) in [5, 5.41) is 10.4. The van der Waals surface area contributed by atoms with Gasteiger partial charge in [-0.3, -0.25) is 4.79 Å². The number of hydrogen-bond donors (Lipinski definition) is 2. The van der Waals surface area contributed by atoms with E-state index in [2.05, 4.69) is 25.9 Å². The third-order valence-corrected chi connectivity index (χ3v) is 3.93. The number of halogens is 1. The quantitative estimate of drug-likeness (QED) is 0.707. The van der Waals surface area contributed by atoms with Gasteiger partial charge in [0.2, 0.25) is 0 Å². The molecule has 4 nitrogen and oxygen atoms in total. The monoisotopic (exact) mass is 344 g/mol. The Morgan fingerprint density at radius 1 is 1.14 bits per heavy atom. The van der Waals surface area contributed by atoms with Crippen LogP contribution in [0.25, 0.3) is 22.3 Å². The van der Waals surface area contributed by atoms with Crippen LogP contribution in [0.1, 0.15) is 11.1 Å². The third-order valence-electron chi connectivity index (χ3n) is 3.43. The van der Waals surface area contributed by atoms with E-state index in [1.165, 1.54) is 0 Å². The average molecular weight is 345 g/mol. The van der Waals surface area contributed by atoms with Crippen LogP contribution in [-0.2, 0) is 0 Å². The van der Waals surface area contributed by atoms with Gasteiger partial charge < -0.3 is 10.1 Å². The molecule has 0 atom stereocenters.